The van der Waals surface area contributed by atoms with E-state index >= 15 is 0 Å². The molecule has 1 heterocycles. The Bertz CT molecular complexity index is 500. The van der Waals surface area contributed by atoms with Gasteiger partial charge in [0.2, 0.25) is 5.91 Å². The molecule has 1 aliphatic heterocycles. The van der Waals surface area contributed by atoms with Crippen LogP contribution in [0.25, 0.3) is 0 Å². The lowest BCUT2D eigenvalue weighted by molar-refractivity contribution is -0.119. The monoisotopic (exact) mass is 242 g/mol. The van der Waals surface area contributed by atoms with Crippen molar-refractivity contribution in [1.29, 1.82) is 5.26 Å². The maximum atomic E-state index is 11.9. The molecule has 1 aromatic rings. The normalized spacial score (nSPS) is 15.9. The SMILES string of the molecule is CC(C)c1ccc(N2CCCCC2=O)c(C#N)c1. The smallest absolute Gasteiger partial charge is 0.227 e. The molecule has 1 amide bonds. The van der Waals surface area contributed by atoms with E-state index in [4.69, 9.17) is 0 Å². The predicted octanol–water partition coefficient (Wildman–Crippen LogP) is 3.20. The molecule has 2 rings (SSSR count). The standard InChI is InChI=1S/C15H18N2O/c1-11(2)12-6-7-14(13(9-12)10-16)17-8-4-3-5-15(17)18/h6-7,9,11H,3-5,8H2,1-2H3. The van der Waals surface area contributed by atoms with Crippen LogP contribution < -0.4 is 4.90 Å². The molecule has 0 spiro atoms. The summed E-state index contributed by atoms with van der Waals surface area (Å²) in [7, 11) is 0. The third-order valence-corrected chi connectivity index (χ3v) is 3.42. The average molecular weight is 242 g/mol. The number of amides is 1. The van der Waals surface area contributed by atoms with Gasteiger partial charge in [-0.05, 0) is 36.5 Å². The van der Waals surface area contributed by atoms with Crippen molar-refractivity contribution >= 4 is 11.6 Å². The molecule has 94 valence electrons. The van der Waals surface area contributed by atoms with E-state index in [-0.39, 0.29) is 5.91 Å². The highest BCUT2D eigenvalue weighted by atomic mass is 16.2. The maximum Gasteiger partial charge on any atom is 0.227 e. The zero-order valence-electron chi connectivity index (χ0n) is 10.9. The first kappa shape index (κ1) is 12.6. The number of hydrogen-bond acceptors (Lipinski definition) is 2. The van der Waals surface area contributed by atoms with Crippen LogP contribution >= 0.6 is 0 Å². The molecule has 0 aromatic heterocycles. The first-order chi connectivity index (χ1) is 8.63. The third kappa shape index (κ3) is 2.38. The average Bonchev–Trinajstić information content (AvgIpc) is 2.38. The number of carbonyl (C=O) groups excluding carboxylic acids is 1. The fourth-order valence-electron chi connectivity index (χ4n) is 2.30. The van der Waals surface area contributed by atoms with Crippen molar-refractivity contribution in [3.05, 3.63) is 29.3 Å². The van der Waals surface area contributed by atoms with E-state index in [0.29, 0.717) is 17.9 Å². The summed E-state index contributed by atoms with van der Waals surface area (Å²) < 4.78 is 0. The highest BCUT2D eigenvalue weighted by Gasteiger charge is 2.22. The Balaban J connectivity index is 2.38. The molecular weight excluding hydrogens is 224 g/mol. The Kier molecular flexibility index (Phi) is 3.66. The first-order valence-corrected chi connectivity index (χ1v) is 6.48. The van der Waals surface area contributed by atoms with Crippen molar-refractivity contribution in [2.45, 2.75) is 39.0 Å². The lowest BCUT2D eigenvalue weighted by Crippen LogP contribution is -2.35. The molecule has 0 aliphatic carbocycles. The number of nitriles is 1. The zero-order chi connectivity index (χ0) is 13.1. The minimum absolute atomic E-state index is 0.134. The van der Waals surface area contributed by atoms with Crippen LogP contribution in [0.3, 0.4) is 0 Å². The summed E-state index contributed by atoms with van der Waals surface area (Å²) in [5.74, 6) is 0.526. The van der Waals surface area contributed by atoms with Crippen molar-refractivity contribution < 1.29 is 4.79 Å². The van der Waals surface area contributed by atoms with Crippen LogP contribution in [0.4, 0.5) is 5.69 Å². The van der Waals surface area contributed by atoms with Crippen molar-refractivity contribution in [2.75, 3.05) is 11.4 Å². The fraction of sp³-hybridized carbons (Fsp3) is 0.467. The molecule has 1 aromatic carbocycles. The Labute approximate surface area is 108 Å². The molecule has 0 radical (unpaired) electrons. The van der Waals surface area contributed by atoms with Crippen LogP contribution in [-0.4, -0.2) is 12.5 Å². The fourth-order valence-corrected chi connectivity index (χ4v) is 2.30. The highest BCUT2D eigenvalue weighted by Crippen LogP contribution is 2.27. The molecule has 1 fully saturated rings. The highest BCUT2D eigenvalue weighted by molar-refractivity contribution is 5.95. The molecule has 3 nitrogen and oxygen atoms in total. The first-order valence-electron chi connectivity index (χ1n) is 6.48. The van der Waals surface area contributed by atoms with E-state index in [1.807, 2.05) is 18.2 Å². The van der Waals surface area contributed by atoms with E-state index in [2.05, 4.69) is 19.9 Å². The number of carbonyl (C=O) groups is 1. The quantitative estimate of drug-likeness (QED) is 0.799. The second-order valence-corrected chi connectivity index (χ2v) is 5.05. The van der Waals surface area contributed by atoms with Crippen LogP contribution in [-0.2, 0) is 4.79 Å². The van der Waals surface area contributed by atoms with E-state index in [9.17, 15) is 10.1 Å². The number of piperidine rings is 1. The number of rotatable bonds is 2. The molecule has 0 atom stereocenters. The van der Waals surface area contributed by atoms with E-state index in [0.717, 1.165) is 30.6 Å². The molecule has 0 unspecified atom stereocenters. The molecule has 0 N–H and O–H groups in total. The Morgan fingerprint density at radius 2 is 2.11 bits per heavy atom. The van der Waals surface area contributed by atoms with Crippen LogP contribution in [0.5, 0.6) is 0 Å². The van der Waals surface area contributed by atoms with Crippen molar-refractivity contribution in [1.82, 2.24) is 0 Å². The van der Waals surface area contributed by atoms with Gasteiger partial charge in [0.15, 0.2) is 0 Å². The van der Waals surface area contributed by atoms with Gasteiger partial charge in [-0.15, -0.1) is 0 Å². The molecular formula is C15H18N2O. The molecule has 0 bridgehead atoms. The van der Waals surface area contributed by atoms with Crippen LogP contribution in [0.2, 0.25) is 0 Å². The van der Waals surface area contributed by atoms with Gasteiger partial charge in [-0.2, -0.15) is 5.26 Å². The van der Waals surface area contributed by atoms with Crippen LogP contribution in [0, 0.1) is 11.3 Å². The summed E-state index contributed by atoms with van der Waals surface area (Å²) in [6, 6.07) is 8.05. The van der Waals surface area contributed by atoms with Gasteiger partial charge in [0.1, 0.15) is 6.07 Å². The predicted molar refractivity (Wildman–Crippen MR) is 71.5 cm³/mol. The number of hydrogen-bond donors (Lipinski definition) is 0. The van der Waals surface area contributed by atoms with Gasteiger partial charge in [0.25, 0.3) is 0 Å². The van der Waals surface area contributed by atoms with Gasteiger partial charge in [-0.1, -0.05) is 19.9 Å². The maximum absolute atomic E-state index is 11.9. The Morgan fingerprint density at radius 1 is 1.33 bits per heavy atom. The minimum atomic E-state index is 0.134. The second kappa shape index (κ2) is 5.22. The van der Waals surface area contributed by atoms with Gasteiger partial charge < -0.3 is 4.90 Å². The summed E-state index contributed by atoms with van der Waals surface area (Å²) in [4.78, 5) is 13.7. The Morgan fingerprint density at radius 3 is 2.72 bits per heavy atom. The van der Waals surface area contributed by atoms with Crippen LogP contribution in [0.1, 0.15) is 50.2 Å². The van der Waals surface area contributed by atoms with Gasteiger partial charge in [0.05, 0.1) is 11.3 Å². The topological polar surface area (TPSA) is 44.1 Å². The van der Waals surface area contributed by atoms with Crippen molar-refractivity contribution in [3.8, 4) is 6.07 Å². The van der Waals surface area contributed by atoms with Crippen molar-refractivity contribution in [3.63, 3.8) is 0 Å². The van der Waals surface area contributed by atoms with Crippen LogP contribution in [0.15, 0.2) is 18.2 Å². The molecule has 1 saturated heterocycles. The summed E-state index contributed by atoms with van der Waals surface area (Å²) in [6.07, 6.45) is 2.57. The lowest BCUT2D eigenvalue weighted by atomic mass is 9.99. The second-order valence-electron chi connectivity index (χ2n) is 5.05. The number of nitrogens with zero attached hydrogens (tertiary/aromatic N) is 2. The summed E-state index contributed by atoms with van der Waals surface area (Å²) in [5.41, 5.74) is 2.52. The van der Waals surface area contributed by atoms with E-state index in [1.165, 1.54) is 0 Å². The number of benzene rings is 1. The van der Waals surface area contributed by atoms with E-state index < -0.39 is 0 Å². The molecule has 0 saturated carbocycles. The van der Waals surface area contributed by atoms with Gasteiger partial charge in [-0.25, -0.2) is 0 Å². The van der Waals surface area contributed by atoms with Gasteiger partial charge in [-0.3, -0.25) is 4.79 Å². The van der Waals surface area contributed by atoms with Gasteiger partial charge >= 0.3 is 0 Å². The Hall–Kier alpha value is -1.82. The number of anilines is 1. The zero-order valence-corrected chi connectivity index (χ0v) is 10.9. The van der Waals surface area contributed by atoms with Crippen molar-refractivity contribution in [2.24, 2.45) is 0 Å². The molecule has 3 heteroatoms. The van der Waals surface area contributed by atoms with E-state index in [1.54, 1.807) is 4.90 Å². The third-order valence-electron chi connectivity index (χ3n) is 3.42. The van der Waals surface area contributed by atoms with Gasteiger partial charge in [0, 0.05) is 13.0 Å². The molecule has 18 heavy (non-hydrogen) atoms. The summed E-state index contributed by atoms with van der Waals surface area (Å²) in [5, 5.41) is 9.25. The minimum Gasteiger partial charge on any atom is -0.311 e. The lowest BCUT2D eigenvalue weighted by Gasteiger charge is -2.27. The summed E-state index contributed by atoms with van der Waals surface area (Å²) in [6.45, 7) is 4.93. The largest absolute Gasteiger partial charge is 0.311 e. The summed E-state index contributed by atoms with van der Waals surface area (Å²) >= 11 is 0. The molecule has 1 aliphatic rings.